The Balaban J connectivity index is 1.94. The molecule has 172 valence electrons. The molecule has 0 radical (unpaired) electrons. The Bertz CT molecular complexity index is 1080. The fourth-order valence-electron chi connectivity index (χ4n) is 3.24. The third-order valence-corrected chi connectivity index (χ3v) is 5.22. The molecular weight excluding hydrogens is 445 g/mol. The number of aliphatic imine (C=N–C) groups is 1. The first-order valence-electron chi connectivity index (χ1n) is 9.14. The molecule has 0 fully saturated rings. The van der Waals surface area contributed by atoms with Crippen molar-refractivity contribution in [1.29, 1.82) is 0 Å². The molecule has 2 heterocycles. The highest BCUT2D eigenvalue weighted by atomic mass is 19.4. The molecule has 32 heavy (non-hydrogen) atoms. The average molecular weight is 462 g/mol. The Kier molecular flexibility index (Phi) is 5.47. The number of halogens is 7. The fourth-order valence-corrected chi connectivity index (χ4v) is 3.24. The molecule has 0 saturated carbocycles. The first-order chi connectivity index (χ1) is 14.6. The lowest BCUT2D eigenvalue weighted by atomic mass is 9.77. The summed E-state index contributed by atoms with van der Waals surface area (Å²) < 4.78 is 96.3. The highest BCUT2D eigenvalue weighted by Gasteiger charge is 2.60. The van der Waals surface area contributed by atoms with Gasteiger partial charge in [0.05, 0.1) is 12.0 Å². The first-order valence-corrected chi connectivity index (χ1v) is 9.14. The Hall–Kier alpha value is -3.18. The molecule has 1 aromatic carbocycles. The number of amides is 1. The van der Waals surface area contributed by atoms with Crippen molar-refractivity contribution in [3.05, 3.63) is 59.2 Å². The summed E-state index contributed by atoms with van der Waals surface area (Å²) in [7, 11) is 0. The van der Waals surface area contributed by atoms with Gasteiger partial charge >= 0.3 is 6.18 Å². The first kappa shape index (κ1) is 23.5. The zero-order valence-electron chi connectivity index (χ0n) is 16.7. The molecule has 5 nitrogen and oxygen atoms in total. The number of rotatable bonds is 3. The molecule has 0 aliphatic carbocycles. The van der Waals surface area contributed by atoms with Crippen LogP contribution >= 0.6 is 0 Å². The Labute approximate surface area is 177 Å². The van der Waals surface area contributed by atoms with Crippen molar-refractivity contribution in [3.63, 3.8) is 0 Å². The highest BCUT2D eigenvalue weighted by molar-refractivity contribution is 6.02. The van der Waals surface area contributed by atoms with Crippen LogP contribution < -0.4 is 11.1 Å². The maximum absolute atomic E-state index is 14.8. The number of nitrogens with zero attached hydrogens (tertiary/aromatic N) is 2. The Morgan fingerprint density at radius 2 is 1.78 bits per heavy atom. The minimum Gasteiger partial charge on any atom is -0.385 e. The molecular formula is C20H17F7N4O. The van der Waals surface area contributed by atoms with Gasteiger partial charge in [0.1, 0.15) is 17.3 Å². The number of carbonyl (C=O) groups is 1. The van der Waals surface area contributed by atoms with E-state index in [1.54, 1.807) is 0 Å². The number of hydrogen-bond acceptors (Lipinski definition) is 4. The van der Waals surface area contributed by atoms with Crippen molar-refractivity contribution in [2.75, 3.05) is 5.32 Å². The van der Waals surface area contributed by atoms with Gasteiger partial charge in [-0.2, -0.15) is 13.2 Å². The van der Waals surface area contributed by atoms with E-state index in [2.05, 4.69) is 15.3 Å². The second-order valence-electron chi connectivity index (χ2n) is 7.73. The quantitative estimate of drug-likeness (QED) is 0.642. The summed E-state index contributed by atoms with van der Waals surface area (Å²) in [6.07, 6.45) is -5.52. The molecule has 0 bridgehead atoms. The molecule has 1 aliphatic rings. The van der Waals surface area contributed by atoms with Crippen molar-refractivity contribution in [1.82, 2.24) is 4.98 Å². The van der Waals surface area contributed by atoms with E-state index in [1.165, 1.54) is 0 Å². The van der Waals surface area contributed by atoms with E-state index >= 15 is 0 Å². The van der Waals surface area contributed by atoms with Crippen LogP contribution in [0.15, 0.2) is 41.5 Å². The summed E-state index contributed by atoms with van der Waals surface area (Å²) in [6, 6.07) is 4.20. The predicted molar refractivity (Wildman–Crippen MR) is 102 cm³/mol. The van der Waals surface area contributed by atoms with Gasteiger partial charge in [-0.15, -0.1) is 0 Å². The molecule has 1 aliphatic heterocycles. The molecule has 3 N–H and O–H groups in total. The van der Waals surface area contributed by atoms with Crippen LogP contribution in [0.2, 0.25) is 0 Å². The second-order valence-corrected chi connectivity index (χ2v) is 7.73. The number of aromatic nitrogens is 1. The summed E-state index contributed by atoms with van der Waals surface area (Å²) in [5.41, 5.74) is -1.95. The summed E-state index contributed by atoms with van der Waals surface area (Å²) in [5, 5.41) is 2.25. The molecule has 0 saturated heterocycles. The number of benzene rings is 1. The van der Waals surface area contributed by atoms with Crippen LogP contribution in [0.25, 0.3) is 0 Å². The number of nitrogens with two attached hydrogens (primary N) is 1. The van der Waals surface area contributed by atoms with Crippen LogP contribution in [0.1, 0.15) is 41.9 Å². The number of anilines is 1. The fraction of sp³-hybridized carbons (Fsp3) is 0.350. The van der Waals surface area contributed by atoms with Gasteiger partial charge in [-0.25, -0.2) is 17.6 Å². The van der Waals surface area contributed by atoms with Crippen molar-refractivity contribution in [2.45, 2.75) is 43.6 Å². The number of pyridine rings is 1. The molecule has 1 aromatic heterocycles. The van der Waals surface area contributed by atoms with Gasteiger partial charge < -0.3 is 11.1 Å². The largest absolute Gasteiger partial charge is 0.417 e. The van der Waals surface area contributed by atoms with Gasteiger partial charge in [0.15, 0.2) is 11.2 Å². The smallest absolute Gasteiger partial charge is 0.385 e. The van der Waals surface area contributed by atoms with Gasteiger partial charge in [-0.3, -0.25) is 14.8 Å². The maximum Gasteiger partial charge on any atom is 0.417 e. The van der Waals surface area contributed by atoms with Crippen LogP contribution in [-0.2, 0) is 11.7 Å². The molecule has 12 heteroatoms. The number of amidine groups is 1. The minimum absolute atomic E-state index is 0.160. The lowest BCUT2D eigenvalue weighted by molar-refractivity contribution is -0.137. The van der Waals surface area contributed by atoms with Crippen molar-refractivity contribution in [3.8, 4) is 0 Å². The highest BCUT2D eigenvalue weighted by Crippen LogP contribution is 2.50. The number of nitrogens with one attached hydrogen (secondary N) is 1. The predicted octanol–water partition coefficient (Wildman–Crippen LogP) is 4.83. The van der Waals surface area contributed by atoms with Gasteiger partial charge in [0.25, 0.3) is 11.8 Å². The van der Waals surface area contributed by atoms with Crippen molar-refractivity contribution in [2.24, 2.45) is 10.7 Å². The third-order valence-electron chi connectivity index (χ3n) is 5.22. The van der Waals surface area contributed by atoms with E-state index < -0.39 is 64.1 Å². The van der Waals surface area contributed by atoms with E-state index in [9.17, 15) is 35.5 Å². The zero-order chi connectivity index (χ0) is 24.1. The zero-order valence-corrected chi connectivity index (χ0v) is 16.7. The molecule has 2 atom stereocenters. The van der Waals surface area contributed by atoms with E-state index in [4.69, 9.17) is 5.73 Å². The van der Waals surface area contributed by atoms with E-state index in [0.29, 0.717) is 12.3 Å². The molecule has 0 spiro atoms. The second kappa shape index (κ2) is 7.45. The molecule has 3 rings (SSSR count). The van der Waals surface area contributed by atoms with Crippen LogP contribution in [-0.4, -0.2) is 28.3 Å². The summed E-state index contributed by atoms with van der Waals surface area (Å²) >= 11 is 0. The summed E-state index contributed by atoms with van der Waals surface area (Å²) in [4.78, 5) is 19.3. The van der Waals surface area contributed by atoms with Gasteiger partial charge in [0, 0.05) is 17.4 Å². The minimum atomic E-state index is -4.65. The lowest BCUT2D eigenvalue weighted by Gasteiger charge is -2.42. The Morgan fingerprint density at radius 1 is 1.12 bits per heavy atom. The van der Waals surface area contributed by atoms with E-state index in [-0.39, 0.29) is 5.69 Å². The summed E-state index contributed by atoms with van der Waals surface area (Å²) in [5.74, 6) is -6.63. The van der Waals surface area contributed by atoms with Crippen LogP contribution in [0.4, 0.5) is 36.4 Å². The molecule has 0 unspecified atom stereocenters. The lowest BCUT2D eigenvalue weighted by Crippen LogP contribution is -2.56. The SMILES string of the molecule is C[C@]1(F)CC(F)(F)[C@@](C)(c2cc(NC(=O)c3ccc(C(F)(F)F)cn3)ccc2F)N=C1N. The third kappa shape index (κ3) is 4.13. The monoisotopic (exact) mass is 462 g/mol. The number of hydrogen-bond donors (Lipinski definition) is 2. The molecule has 2 aromatic rings. The standard InChI is InChI=1S/C20H17F7N4O/c1-17(22)9-19(23,24)18(2,31-16(17)28)12-7-11(4-5-13(12)21)30-15(32)14-6-3-10(8-29-14)20(25,26)27/h3-8H,9H2,1-2H3,(H2,28,31)(H,30,32)/t17-,18+/m0/s1. The number of alkyl halides is 6. The Morgan fingerprint density at radius 3 is 2.34 bits per heavy atom. The maximum atomic E-state index is 14.8. The normalized spacial score (nSPS) is 25.2. The van der Waals surface area contributed by atoms with E-state index in [1.807, 2.05) is 0 Å². The van der Waals surface area contributed by atoms with Crippen LogP contribution in [0.3, 0.4) is 0 Å². The van der Waals surface area contributed by atoms with Crippen molar-refractivity contribution >= 4 is 17.4 Å². The topological polar surface area (TPSA) is 80.4 Å². The summed E-state index contributed by atoms with van der Waals surface area (Å²) in [6.45, 7) is 1.72. The van der Waals surface area contributed by atoms with Crippen LogP contribution in [0, 0.1) is 5.82 Å². The van der Waals surface area contributed by atoms with Gasteiger partial charge in [0.2, 0.25) is 0 Å². The van der Waals surface area contributed by atoms with Gasteiger partial charge in [-0.05, 0) is 44.2 Å². The average Bonchev–Trinajstić information content (AvgIpc) is 2.66. The van der Waals surface area contributed by atoms with E-state index in [0.717, 1.165) is 38.1 Å². The van der Waals surface area contributed by atoms with Crippen molar-refractivity contribution < 1.29 is 35.5 Å². The number of carbonyl (C=O) groups excluding carboxylic acids is 1. The molecule has 1 amide bonds. The van der Waals surface area contributed by atoms with Crippen LogP contribution in [0.5, 0.6) is 0 Å². The van der Waals surface area contributed by atoms with Gasteiger partial charge in [-0.1, -0.05) is 0 Å².